The maximum atomic E-state index is 13.0. The Morgan fingerprint density at radius 1 is 1.07 bits per heavy atom. The van der Waals surface area contributed by atoms with Crippen LogP contribution in [-0.2, 0) is 19.1 Å². The summed E-state index contributed by atoms with van der Waals surface area (Å²) in [6.07, 6.45) is 5.33. The number of carbonyl (C=O) groups excluding carboxylic acids is 2. The summed E-state index contributed by atoms with van der Waals surface area (Å²) in [6, 6.07) is 5.64. The second kappa shape index (κ2) is 9.88. The van der Waals surface area contributed by atoms with Crippen LogP contribution < -0.4 is 0 Å². The molecule has 8 heteroatoms. The Balaban J connectivity index is 2.81. The van der Waals surface area contributed by atoms with Gasteiger partial charge >= 0.3 is 11.9 Å². The number of ether oxygens (including phenoxy) is 2. The number of benzene rings is 1. The highest BCUT2D eigenvalue weighted by Crippen LogP contribution is 2.54. The Morgan fingerprint density at radius 2 is 1.59 bits per heavy atom. The number of nitro benzene ring substituents is 1. The van der Waals surface area contributed by atoms with Gasteiger partial charge in [-0.3, -0.25) is 10.1 Å². The predicted molar refractivity (Wildman–Crippen MR) is 116 cm³/mol. The molecule has 1 heterocycles. The first-order chi connectivity index (χ1) is 13.8. The van der Waals surface area contributed by atoms with Crippen molar-refractivity contribution in [1.29, 1.82) is 0 Å². The molecule has 29 heavy (non-hydrogen) atoms. The number of hydrogen-bond acceptors (Lipinski definition) is 6. The Bertz CT molecular complexity index is 861. The molecular weight excluding hydrogens is 393 g/mol. The van der Waals surface area contributed by atoms with Crippen molar-refractivity contribution < 1.29 is 24.0 Å². The number of nitrogens with zero attached hydrogens (tertiary/aromatic N) is 1. The van der Waals surface area contributed by atoms with E-state index in [1.807, 2.05) is 0 Å². The van der Waals surface area contributed by atoms with Gasteiger partial charge < -0.3 is 9.47 Å². The van der Waals surface area contributed by atoms with Crippen LogP contribution in [0.15, 0.2) is 29.8 Å². The minimum absolute atomic E-state index is 0.0766. The van der Waals surface area contributed by atoms with Crippen LogP contribution in [0.2, 0.25) is 0 Å². The standard InChI is InChI=1S/C21H28NO6P/c1-5-12-29(13-6-2,14-7-3)19-17(20(23)27-4)18(28-21(19)24)15-8-10-16(11-9-15)22(25)26/h8-11H,5-7,12-14H2,1-4H3. The van der Waals surface area contributed by atoms with Gasteiger partial charge in [-0.15, -0.1) is 0 Å². The largest absolute Gasteiger partial charge is 0.465 e. The molecule has 0 saturated carbocycles. The Hall–Kier alpha value is -2.40. The minimum Gasteiger partial charge on any atom is -0.465 e. The summed E-state index contributed by atoms with van der Waals surface area (Å²) in [5, 5.41) is 11.4. The normalized spacial score (nSPS) is 14.2. The van der Waals surface area contributed by atoms with E-state index in [2.05, 4.69) is 20.8 Å². The lowest BCUT2D eigenvalue weighted by Crippen LogP contribution is -2.22. The molecule has 0 bridgehead atoms. The zero-order chi connectivity index (χ0) is 21.6. The van der Waals surface area contributed by atoms with E-state index in [1.54, 1.807) is 0 Å². The molecule has 0 amide bonds. The summed E-state index contributed by atoms with van der Waals surface area (Å²) in [4.78, 5) is 36.2. The number of hydrogen-bond donors (Lipinski definition) is 0. The predicted octanol–water partition coefficient (Wildman–Crippen LogP) is 4.46. The van der Waals surface area contributed by atoms with E-state index in [0.29, 0.717) is 10.9 Å². The van der Waals surface area contributed by atoms with Crippen molar-refractivity contribution in [2.45, 2.75) is 40.0 Å². The number of rotatable bonds is 9. The highest BCUT2D eigenvalue weighted by Gasteiger charge is 2.41. The zero-order valence-corrected chi connectivity index (χ0v) is 18.3. The number of methoxy groups -OCH3 is 1. The molecule has 2 rings (SSSR count). The van der Waals surface area contributed by atoms with E-state index < -0.39 is 23.7 Å². The van der Waals surface area contributed by atoms with Gasteiger partial charge in [0.2, 0.25) is 0 Å². The van der Waals surface area contributed by atoms with Gasteiger partial charge in [0.15, 0.2) is 5.76 Å². The summed E-state index contributed by atoms with van der Waals surface area (Å²) in [5.41, 5.74) is 0.560. The van der Waals surface area contributed by atoms with Gasteiger partial charge in [0.05, 0.1) is 17.3 Å². The molecular formula is C21H28NO6P. The van der Waals surface area contributed by atoms with Crippen molar-refractivity contribution >= 4 is 35.6 Å². The molecule has 1 aliphatic rings. The average Bonchev–Trinajstić information content (AvgIpc) is 3.05. The molecule has 0 aromatic heterocycles. The first-order valence-electron chi connectivity index (χ1n) is 9.88. The topological polar surface area (TPSA) is 95.7 Å². The SMILES string of the molecule is CCCP(CCC)(CCC)=C1C(=O)OC(c2ccc([N+](=O)[O-])cc2)=C1C(=O)OC. The number of carbonyl (C=O) groups is 2. The number of cyclic esters (lactones) is 1. The Kier molecular flexibility index (Phi) is 7.80. The van der Waals surface area contributed by atoms with Crippen molar-refractivity contribution in [2.75, 3.05) is 25.6 Å². The molecule has 0 unspecified atom stereocenters. The van der Waals surface area contributed by atoms with E-state index in [0.717, 1.165) is 37.7 Å². The van der Waals surface area contributed by atoms with Gasteiger partial charge in [0.25, 0.3) is 5.69 Å². The summed E-state index contributed by atoms with van der Waals surface area (Å²) in [7, 11) is 1.28. The van der Waals surface area contributed by atoms with Gasteiger partial charge in [-0.1, -0.05) is 46.9 Å². The fraction of sp³-hybridized carbons (Fsp3) is 0.476. The first kappa shape index (κ1) is 22.9. The molecule has 0 saturated heterocycles. The molecule has 1 aliphatic heterocycles. The van der Waals surface area contributed by atoms with Gasteiger partial charge in [-0.25, -0.2) is 9.59 Å². The fourth-order valence-electron chi connectivity index (χ4n) is 4.02. The summed E-state index contributed by atoms with van der Waals surface area (Å²) >= 11 is 0. The quantitative estimate of drug-likeness (QED) is 0.253. The third-order valence-electron chi connectivity index (χ3n) is 5.01. The summed E-state index contributed by atoms with van der Waals surface area (Å²) < 4.78 is 10.6. The molecule has 158 valence electrons. The van der Waals surface area contributed by atoms with Gasteiger partial charge in [0, 0.05) is 17.7 Å². The molecule has 1 aromatic carbocycles. The second-order valence-corrected chi connectivity index (χ2v) is 11.1. The third-order valence-corrected chi connectivity index (χ3v) is 10.3. The van der Waals surface area contributed by atoms with E-state index in [1.165, 1.54) is 31.4 Å². The number of nitro groups is 1. The van der Waals surface area contributed by atoms with Crippen LogP contribution in [0.3, 0.4) is 0 Å². The monoisotopic (exact) mass is 421 g/mol. The zero-order valence-electron chi connectivity index (χ0n) is 17.4. The smallest absolute Gasteiger partial charge is 0.344 e. The summed E-state index contributed by atoms with van der Waals surface area (Å²) in [6.45, 7) is 4.32. The van der Waals surface area contributed by atoms with Gasteiger partial charge in [-0.2, -0.15) is 0 Å². The van der Waals surface area contributed by atoms with Crippen LogP contribution in [0.4, 0.5) is 5.69 Å². The van der Waals surface area contributed by atoms with Gasteiger partial charge in [0.1, 0.15) is 5.57 Å². The van der Waals surface area contributed by atoms with E-state index in [-0.39, 0.29) is 17.0 Å². The molecule has 0 radical (unpaired) electrons. The fourth-order valence-corrected chi connectivity index (χ4v) is 9.03. The first-order valence-corrected chi connectivity index (χ1v) is 12.2. The van der Waals surface area contributed by atoms with Crippen LogP contribution in [0, 0.1) is 10.1 Å². The van der Waals surface area contributed by atoms with Crippen LogP contribution in [0.5, 0.6) is 0 Å². The molecule has 0 atom stereocenters. The second-order valence-electron chi connectivity index (χ2n) is 7.05. The highest BCUT2D eigenvalue weighted by molar-refractivity contribution is 7.78. The lowest BCUT2D eigenvalue weighted by atomic mass is 10.1. The third kappa shape index (κ3) is 4.61. The van der Waals surface area contributed by atoms with Gasteiger partial charge in [-0.05, 0) is 30.6 Å². The van der Waals surface area contributed by atoms with Crippen molar-refractivity contribution in [3.05, 3.63) is 45.5 Å². The van der Waals surface area contributed by atoms with Crippen LogP contribution in [0.1, 0.15) is 45.6 Å². The van der Waals surface area contributed by atoms with Crippen LogP contribution in [-0.4, -0.2) is 47.8 Å². The molecule has 0 fully saturated rings. The molecule has 7 nitrogen and oxygen atoms in total. The van der Waals surface area contributed by atoms with Crippen LogP contribution in [0.25, 0.3) is 5.76 Å². The van der Waals surface area contributed by atoms with Crippen molar-refractivity contribution in [2.24, 2.45) is 0 Å². The molecule has 0 N–H and O–H groups in total. The van der Waals surface area contributed by atoms with E-state index in [9.17, 15) is 19.7 Å². The number of non-ortho nitro benzene ring substituents is 1. The molecule has 0 spiro atoms. The van der Waals surface area contributed by atoms with E-state index in [4.69, 9.17) is 9.47 Å². The summed E-state index contributed by atoms with van der Waals surface area (Å²) in [5.74, 6) is -0.950. The number of esters is 2. The van der Waals surface area contributed by atoms with Crippen molar-refractivity contribution in [3.8, 4) is 0 Å². The molecule has 1 aromatic rings. The maximum Gasteiger partial charge on any atom is 0.344 e. The lowest BCUT2D eigenvalue weighted by molar-refractivity contribution is -0.384. The van der Waals surface area contributed by atoms with Crippen molar-refractivity contribution in [1.82, 2.24) is 0 Å². The highest BCUT2D eigenvalue weighted by atomic mass is 31.2. The lowest BCUT2D eigenvalue weighted by Gasteiger charge is -2.28. The average molecular weight is 421 g/mol. The minimum atomic E-state index is -1.93. The van der Waals surface area contributed by atoms with Crippen molar-refractivity contribution in [3.63, 3.8) is 0 Å². The molecule has 0 aliphatic carbocycles. The Morgan fingerprint density at radius 3 is 2.00 bits per heavy atom. The van der Waals surface area contributed by atoms with E-state index >= 15 is 0 Å². The maximum absolute atomic E-state index is 13.0. The van der Waals surface area contributed by atoms with Crippen LogP contribution >= 0.6 is 6.89 Å². The Labute approximate surface area is 171 Å².